The second-order valence-corrected chi connectivity index (χ2v) is 10.9. The number of benzene rings is 1. The summed E-state index contributed by atoms with van der Waals surface area (Å²) >= 11 is 0. The molecule has 0 radical (unpaired) electrons. The molecule has 2 unspecified atom stereocenters. The lowest BCUT2D eigenvalue weighted by Gasteiger charge is -2.39. The zero-order valence-electron chi connectivity index (χ0n) is 19.7. The molecule has 1 N–H and O–H groups in total. The topological polar surface area (TPSA) is 79.0 Å². The Hall–Kier alpha value is -2.83. The molecule has 0 aromatic heterocycles. The van der Waals surface area contributed by atoms with Gasteiger partial charge in [0.1, 0.15) is 11.6 Å². The van der Waals surface area contributed by atoms with Crippen molar-refractivity contribution < 1.29 is 19.1 Å². The molecule has 4 atom stereocenters. The van der Waals surface area contributed by atoms with Crippen molar-refractivity contribution in [1.82, 2.24) is 15.1 Å². The molecule has 176 valence electrons. The van der Waals surface area contributed by atoms with Gasteiger partial charge in [-0.15, -0.1) is 0 Å². The lowest BCUT2D eigenvalue weighted by molar-refractivity contribution is -0.126. The van der Waals surface area contributed by atoms with Crippen molar-refractivity contribution in [2.45, 2.75) is 95.5 Å². The summed E-state index contributed by atoms with van der Waals surface area (Å²) in [6, 6.07) is 6.11. The van der Waals surface area contributed by atoms with Crippen LogP contribution >= 0.6 is 0 Å². The number of carbonyl (C=O) groups excluding carboxylic acids is 3. The third-order valence-electron chi connectivity index (χ3n) is 7.47. The third kappa shape index (κ3) is 4.02. The van der Waals surface area contributed by atoms with Crippen LogP contribution in [-0.4, -0.2) is 51.4 Å². The van der Waals surface area contributed by atoms with Crippen LogP contribution in [0.15, 0.2) is 30.5 Å². The number of rotatable bonds is 2. The first kappa shape index (κ1) is 22.0. The zero-order chi connectivity index (χ0) is 23.5. The zero-order valence-corrected chi connectivity index (χ0v) is 19.7. The Morgan fingerprint density at radius 3 is 2.45 bits per heavy atom. The highest BCUT2D eigenvalue weighted by Crippen LogP contribution is 2.44. The second-order valence-electron chi connectivity index (χ2n) is 10.9. The van der Waals surface area contributed by atoms with Gasteiger partial charge in [-0.3, -0.25) is 9.59 Å². The van der Waals surface area contributed by atoms with Gasteiger partial charge in [0.15, 0.2) is 0 Å². The van der Waals surface area contributed by atoms with Gasteiger partial charge in [0.25, 0.3) is 5.91 Å². The largest absolute Gasteiger partial charge is 0.444 e. The number of nitrogens with zero attached hydrogens (tertiary/aromatic N) is 2. The van der Waals surface area contributed by atoms with Crippen molar-refractivity contribution in [3.05, 3.63) is 47.2 Å². The summed E-state index contributed by atoms with van der Waals surface area (Å²) in [6.45, 7) is 10.0. The highest BCUT2D eigenvalue weighted by molar-refractivity contribution is 6.01. The summed E-state index contributed by atoms with van der Waals surface area (Å²) < 4.78 is 5.66. The second kappa shape index (κ2) is 7.89. The van der Waals surface area contributed by atoms with Crippen LogP contribution in [0.5, 0.6) is 0 Å². The number of ether oxygens (including phenoxy) is 1. The maximum absolute atomic E-state index is 13.0. The average molecular weight is 452 g/mol. The normalized spacial score (nSPS) is 29.2. The molecule has 7 nitrogen and oxygen atoms in total. The molecule has 7 heteroatoms. The number of fused-ring (bicyclic) bond motifs is 3. The molecule has 0 saturated carbocycles. The molecule has 1 aromatic rings. The summed E-state index contributed by atoms with van der Waals surface area (Å²) in [6.07, 6.45) is 4.97. The van der Waals surface area contributed by atoms with E-state index in [0.717, 1.165) is 36.9 Å². The van der Waals surface area contributed by atoms with Crippen LogP contribution in [0.4, 0.5) is 4.79 Å². The Bertz CT molecular complexity index is 1010. The predicted octanol–water partition coefficient (Wildman–Crippen LogP) is 4.08. The van der Waals surface area contributed by atoms with Gasteiger partial charge in [0, 0.05) is 29.9 Å². The molecule has 4 aliphatic heterocycles. The van der Waals surface area contributed by atoms with Crippen LogP contribution < -0.4 is 5.32 Å². The summed E-state index contributed by atoms with van der Waals surface area (Å²) in [5.41, 5.74) is 3.15. The molecule has 0 spiro atoms. The number of piperidine rings is 2. The first-order chi connectivity index (χ1) is 15.6. The van der Waals surface area contributed by atoms with E-state index in [-0.39, 0.29) is 30.0 Å². The predicted molar refractivity (Wildman–Crippen MR) is 123 cm³/mol. The van der Waals surface area contributed by atoms with Gasteiger partial charge in [-0.05, 0) is 82.4 Å². The molecular weight excluding hydrogens is 418 g/mol. The molecular formula is C26H33N3O4. The Balaban J connectivity index is 1.30. The maximum Gasteiger partial charge on any atom is 0.410 e. The number of hydrogen-bond acceptors (Lipinski definition) is 4. The number of carbonyl (C=O) groups is 3. The molecule has 2 bridgehead atoms. The highest BCUT2D eigenvalue weighted by Gasteiger charge is 2.45. The van der Waals surface area contributed by atoms with Crippen molar-refractivity contribution in [3.8, 4) is 0 Å². The minimum atomic E-state index is -0.492. The van der Waals surface area contributed by atoms with Gasteiger partial charge in [0.2, 0.25) is 5.91 Å². The van der Waals surface area contributed by atoms with Crippen molar-refractivity contribution in [3.63, 3.8) is 0 Å². The van der Waals surface area contributed by atoms with E-state index in [1.807, 2.05) is 31.7 Å². The van der Waals surface area contributed by atoms with E-state index in [1.54, 1.807) is 4.90 Å². The van der Waals surface area contributed by atoms with E-state index in [2.05, 4.69) is 24.0 Å². The maximum atomic E-state index is 13.0. The lowest BCUT2D eigenvalue weighted by Crippen LogP contribution is -2.49. The van der Waals surface area contributed by atoms with Crippen molar-refractivity contribution >= 4 is 17.9 Å². The lowest BCUT2D eigenvalue weighted by atomic mass is 9.84. The first-order valence-electron chi connectivity index (χ1n) is 12.0. The molecule has 4 heterocycles. The molecule has 3 saturated heterocycles. The Morgan fingerprint density at radius 1 is 1.12 bits per heavy atom. The average Bonchev–Trinajstić information content (AvgIpc) is 3.19. The first-order valence-corrected chi connectivity index (χ1v) is 12.0. The van der Waals surface area contributed by atoms with Crippen LogP contribution in [0, 0.1) is 0 Å². The SMILES string of the molecule is C=C1CC[C@H](N2Cc3cc(C4CC5CC[C@H](C4)N5C(=O)OC(C)(C)C)ccc3C2=O)C(=O)N1. The van der Waals surface area contributed by atoms with Crippen molar-refractivity contribution in [2.24, 2.45) is 0 Å². The van der Waals surface area contributed by atoms with Crippen molar-refractivity contribution in [2.75, 3.05) is 0 Å². The fraction of sp³-hybridized carbons (Fsp3) is 0.577. The van der Waals surface area contributed by atoms with Crippen LogP contribution in [0.3, 0.4) is 0 Å². The summed E-state index contributed by atoms with van der Waals surface area (Å²) in [5.74, 6) is 0.152. The third-order valence-corrected chi connectivity index (χ3v) is 7.47. The molecule has 1 aromatic carbocycles. The molecule has 33 heavy (non-hydrogen) atoms. The van der Waals surface area contributed by atoms with Gasteiger partial charge in [-0.25, -0.2) is 4.79 Å². The molecule has 5 rings (SSSR count). The van der Waals surface area contributed by atoms with E-state index in [0.29, 0.717) is 30.9 Å². The fourth-order valence-corrected chi connectivity index (χ4v) is 5.99. The van der Waals surface area contributed by atoms with E-state index in [1.165, 1.54) is 5.56 Å². The minimum absolute atomic E-state index is 0.0657. The Labute approximate surface area is 195 Å². The van der Waals surface area contributed by atoms with Gasteiger partial charge < -0.3 is 19.9 Å². The van der Waals surface area contributed by atoms with Gasteiger partial charge in [0.05, 0.1) is 0 Å². The molecule has 4 aliphatic rings. The summed E-state index contributed by atoms with van der Waals surface area (Å²) in [5, 5.41) is 2.79. The van der Waals surface area contributed by atoms with Gasteiger partial charge in [-0.1, -0.05) is 18.7 Å². The van der Waals surface area contributed by atoms with Gasteiger partial charge >= 0.3 is 6.09 Å². The minimum Gasteiger partial charge on any atom is -0.444 e. The number of nitrogens with one attached hydrogen (secondary N) is 1. The van der Waals surface area contributed by atoms with Crippen LogP contribution in [0.25, 0.3) is 0 Å². The van der Waals surface area contributed by atoms with E-state index >= 15 is 0 Å². The van der Waals surface area contributed by atoms with E-state index in [4.69, 9.17) is 4.74 Å². The van der Waals surface area contributed by atoms with Gasteiger partial charge in [-0.2, -0.15) is 0 Å². The summed E-state index contributed by atoms with van der Waals surface area (Å²) in [4.78, 5) is 41.9. The highest BCUT2D eigenvalue weighted by atomic mass is 16.6. The summed E-state index contributed by atoms with van der Waals surface area (Å²) in [7, 11) is 0. The van der Waals surface area contributed by atoms with Crippen LogP contribution in [0.2, 0.25) is 0 Å². The molecule has 0 aliphatic carbocycles. The molecule has 3 amide bonds. The Kier molecular flexibility index (Phi) is 5.26. The van der Waals surface area contributed by atoms with Crippen LogP contribution in [0.1, 0.15) is 86.7 Å². The fourth-order valence-electron chi connectivity index (χ4n) is 5.99. The van der Waals surface area contributed by atoms with E-state index < -0.39 is 11.6 Å². The quantitative estimate of drug-likeness (QED) is 0.735. The number of hydrogen-bond donors (Lipinski definition) is 1. The van der Waals surface area contributed by atoms with Crippen molar-refractivity contribution in [1.29, 1.82) is 0 Å². The van der Waals surface area contributed by atoms with E-state index in [9.17, 15) is 14.4 Å². The number of amides is 3. The monoisotopic (exact) mass is 451 g/mol. The number of allylic oxidation sites excluding steroid dienone is 1. The Morgan fingerprint density at radius 2 is 1.82 bits per heavy atom. The standard InChI is InChI=1S/C26H33N3O4/c1-15-5-10-22(23(30)27-15)28-14-18-11-16(6-9-21(18)24(28)31)17-12-19-7-8-20(13-17)29(19)25(32)33-26(2,3)4/h6,9,11,17,19-20,22H,1,5,7-8,10,12-14H2,2-4H3,(H,27,30)/t17?,19-,20?,22+/m1/s1. The van der Waals surface area contributed by atoms with Crippen LogP contribution in [-0.2, 0) is 16.1 Å². The molecule has 3 fully saturated rings. The smallest absolute Gasteiger partial charge is 0.410 e.